The number of ether oxygens (including phenoxy) is 1. The van der Waals surface area contributed by atoms with Gasteiger partial charge in [-0.2, -0.15) is 0 Å². The summed E-state index contributed by atoms with van der Waals surface area (Å²) in [6, 6.07) is 0. The third-order valence-electron chi connectivity index (χ3n) is 1.45. The highest BCUT2D eigenvalue weighted by Gasteiger charge is 2.11. The van der Waals surface area contributed by atoms with Gasteiger partial charge in [0.2, 0.25) is 5.24 Å². The van der Waals surface area contributed by atoms with E-state index in [0.717, 1.165) is 13.1 Å². The standard InChI is InChI=1S/C6H10ClNO2/c7-6(9)5-8-1-3-10-4-2-8/h1-5H2. The first kappa shape index (κ1) is 7.98. The average Bonchev–Trinajstić information content (AvgIpc) is 1.88. The van der Waals surface area contributed by atoms with Crippen LogP contribution in [-0.4, -0.2) is 43.0 Å². The summed E-state index contributed by atoms with van der Waals surface area (Å²) in [6.45, 7) is 3.41. The number of hydrogen-bond acceptors (Lipinski definition) is 3. The molecular weight excluding hydrogens is 154 g/mol. The first-order valence-corrected chi connectivity index (χ1v) is 3.65. The van der Waals surface area contributed by atoms with Crippen LogP contribution in [0.15, 0.2) is 0 Å². The lowest BCUT2D eigenvalue weighted by atomic mass is 10.4. The van der Waals surface area contributed by atoms with Crippen molar-refractivity contribution in [2.75, 3.05) is 32.8 Å². The molecule has 0 N–H and O–H groups in total. The van der Waals surface area contributed by atoms with Crippen molar-refractivity contribution >= 4 is 16.8 Å². The van der Waals surface area contributed by atoms with E-state index in [1.807, 2.05) is 4.90 Å². The highest BCUT2D eigenvalue weighted by molar-refractivity contribution is 6.64. The number of nitrogens with zero attached hydrogens (tertiary/aromatic N) is 1. The molecule has 0 bridgehead atoms. The smallest absolute Gasteiger partial charge is 0.235 e. The fraction of sp³-hybridized carbons (Fsp3) is 0.833. The minimum absolute atomic E-state index is 0.290. The summed E-state index contributed by atoms with van der Waals surface area (Å²) in [4.78, 5) is 12.4. The lowest BCUT2D eigenvalue weighted by molar-refractivity contribution is -0.113. The summed E-state index contributed by atoms with van der Waals surface area (Å²) in [6.07, 6.45) is 0. The number of carbonyl (C=O) groups excluding carboxylic acids is 1. The maximum atomic E-state index is 10.4. The van der Waals surface area contributed by atoms with E-state index < -0.39 is 0 Å². The lowest BCUT2D eigenvalue weighted by Gasteiger charge is -2.24. The fourth-order valence-electron chi connectivity index (χ4n) is 0.935. The van der Waals surface area contributed by atoms with Crippen LogP contribution in [0.4, 0.5) is 0 Å². The summed E-state index contributed by atoms with van der Waals surface area (Å²) in [5.41, 5.74) is 0. The highest BCUT2D eigenvalue weighted by Crippen LogP contribution is 1.96. The van der Waals surface area contributed by atoms with Crippen LogP contribution in [0.1, 0.15) is 0 Å². The predicted molar refractivity (Wildman–Crippen MR) is 38.1 cm³/mol. The molecule has 1 aliphatic heterocycles. The SMILES string of the molecule is O=C(Cl)CN1CCOCC1. The monoisotopic (exact) mass is 163 g/mol. The van der Waals surface area contributed by atoms with E-state index in [1.165, 1.54) is 0 Å². The molecule has 0 saturated carbocycles. The van der Waals surface area contributed by atoms with Crippen LogP contribution < -0.4 is 0 Å². The van der Waals surface area contributed by atoms with Crippen LogP contribution in [0, 0.1) is 0 Å². The Hall–Kier alpha value is -0.120. The second-order valence-electron chi connectivity index (χ2n) is 2.24. The molecule has 58 valence electrons. The van der Waals surface area contributed by atoms with Crippen molar-refractivity contribution in [1.29, 1.82) is 0 Å². The molecule has 0 unspecified atom stereocenters. The van der Waals surface area contributed by atoms with Crippen molar-refractivity contribution in [3.63, 3.8) is 0 Å². The van der Waals surface area contributed by atoms with Gasteiger partial charge in [-0.3, -0.25) is 9.69 Å². The molecule has 1 rings (SSSR count). The Labute approximate surface area is 64.9 Å². The van der Waals surface area contributed by atoms with E-state index in [9.17, 15) is 4.79 Å². The quantitative estimate of drug-likeness (QED) is 0.541. The molecule has 10 heavy (non-hydrogen) atoms. The predicted octanol–water partition coefficient (Wildman–Crippen LogP) is 0.0840. The first-order chi connectivity index (χ1) is 4.79. The van der Waals surface area contributed by atoms with Crippen LogP contribution in [0.5, 0.6) is 0 Å². The van der Waals surface area contributed by atoms with Crippen molar-refractivity contribution in [2.45, 2.75) is 0 Å². The first-order valence-electron chi connectivity index (χ1n) is 3.27. The Morgan fingerprint density at radius 2 is 2.10 bits per heavy atom. The van der Waals surface area contributed by atoms with Crippen molar-refractivity contribution in [3.8, 4) is 0 Å². The van der Waals surface area contributed by atoms with E-state index in [0.29, 0.717) is 19.8 Å². The van der Waals surface area contributed by atoms with E-state index >= 15 is 0 Å². The van der Waals surface area contributed by atoms with Gasteiger partial charge >= 0.3 is 0 Å². The van der Waals surface area contributed by atoms with Crippen LogP contribution in [0.25, 0.3) is 0 Å². The zero-order chi connectivity index (χ0) is 7.40. The van der Waals surface area contributed by atoms with Crippen LogP contribution in [0.3, 0.4) is 0 Å². The molecule has 0 atom stereocenters. The van der Waals surface area contributed by atoms with Crippen molar-refractivity contribution < 1.29 is 9.53 Å². The second-order valence-corrected chi connectivity index (χ2v) is 2.67. The third-order valence-corrected chi connectivity index (χ3v) is 1.57. The fourth-order valence-corrected chi connectivity index (χ4v) is 1.10. The zero-order valence-electron chi connectivity index (χ0n) is 5.68. The van der Waals surface area contributed by atoms with Crippen molar-refractivity contribution in [3.05, 3.63) is 0 Å². The van der Waals surface area contributed by atoms with Gasteiger partial charge in [0, 0.05) is 13.1 Å². The molecule has 4 heteroatoms. The number of rotatable bonds is 2. The average molecular weight is 164 g/mol. The summed E-state index contributed by atoms with van der Waals surface area (Å²) in [5.74, 6) is 0. The van der Waals surface area contributed by atoms with E-state index in [-0.39, 0.29) is 5.24 Å². The zero-order valence-corrected chi connectivity index (χ0v) is 6.43. The van der Waals surface area contributed by atoms with Gasteiger partial charge in [0.15, 0.2) is 0 Å². The van der Waals surface area contributed by atoms with Crippen LogP contribution >= 0.6 is 11.6 Å². The third kappa shape index (κ3) is 2.64. The topological polar surface area (TPSA) is 29.5 Å². The number of hydrogen-bond donors (Lipinski definition) is 0. The second kappa shape index (κ2) is 3.91. The molecule has 3 nitrogen and oxygen atoms in total. The molecule has 1 saturated heterocycles. The van der Waals surface area contributed by atoms with E-state index in [2.05, 4.69) is 0 Å². The lowest BCUT2D eigenvalue weighted by Crippen LogP contribution is -2.38. The summed E-state index contributed by atoms with van der Waals surface area (Å²) < 4.78 is 5.09. The minimum atomic E-state index is -0.290. The Morgan fingerprint density at radius 3 is 2.60 bits per heavy atom. The molecular formula is C6H10ClNO2. The number of halogens is 1. The Morgan fingerprint density at radius 1 is 1.50 bits per heavy atom. The van der Waals surface area contributed by atoms with Crippen molar-refractivity contribution in [2.24, 2.45) is 0 Å². The van der Waals surface area contributed by atoms with E-state index in [4.69, 9.17) is 16.3 Å². The van der Waals surface area contributed by atoms with Gasteiger partial charge in [-0.15, -0.1) is 0 Å². The maximum Gasteiger partial charge on any atom is 0.235 e. The normalized spacial score (nSPS) is 20.9. The number of carbonyl (C=O) groups is 1. The Balaban J connectivity index is 2.19. The molecule has 0 amide bonds. The molecule has 0 aliphatic carbocycles. The Kier molecular flexibility index (Phi) is 3.12. The molecule has 0 aromatic rings. The maximum absolute atomic E-state index is 10.4. The molecule has 1 fully saturated rings. The van der Waals surface area contributed by atoms with Crippen LogP contribution in [-0.2, 0) is 9.53 Å². The van der Waals surface area contributed by atoms with Gasteiger partial charge in [-0.1, -0.05) is 0 Å². The van der Waals surface area contributed by atoms with Crippen LogP contribution in [0.2, 0.25) is 0 Å². The summed E-state index contributed by atoms with van der Waals surface area (Å²) >= 11 is 5.19. The highest BCUT2D eigenvalue weighted by atomic mass is 35.5. The van der Waals surface area contributed by atoms with Gasteiger partial charge in [0.05, 0.1) is 19.8 Å². The minimum Gasteiger partial charge on any atom is -0.379 e. The molecule has 1 aliphatic rings. The summed E-state index contributed by atoms with van der Waals surface area (Å²) in [7, 11) is 0. The molecule has 0 spiro atoms. The molecule has 0 aromatic carbocycles. The number of morpholine rings is 1. The van der Waals surface area contributed by atoms with Gasteiger partial charge in [0.25, 0.3) is 0 Å². The van der Waals surface area contributed by atoms with Gasteiger partial charge in [-0.05, 0) is 11.6 Å². The van der Waals surface area contributed by atoms with Gasteiger partial charge in [-0.25, -0.2) is 0 Å². The largest absolute Gasteiger partial charge is 0.379 e. The molecule has 1 heterocycles. The molecule has 0 aromatic heterocycles. The van der Waals surface area contributed by atoms with Gasteiger partial charge in [0.1, 0.15) is 0 Å². The Bertz CT molecular complexity index is 123. The van der Waals surface area contributed by atoms with E-state index in [1.54, 1.807) is 0 Å². The summed E-state index contributed by atoms with van der Waals surface area (Å²) in [5, 5.41) is -0.290. The van der Waals surface area contributed by atoms with Crippen molar-refractivity contribution in [1.82, 2.24) is 4.90 Å². The van der Waals surface area contributed by atoms with Gasteiger partial charge < -0.3 is 4.74 Å². The molecule has 0 radical (unpaired) electrons.